The Balaban J connectivity index is 1.83. The molecule has 0 radical (unpaired) electrons. The number of thiophene rings is 1. The van der Waals surface area contributed by atoms with E-state index in [9.17, 15) is 4.79 Å². The van der Waals surface area contributed by atoms with Gasteiger partial charge in [0, 0.05) is 10.4 Å². The Kier molecular flexibility index (Phi) is 7.07. The zero-order valence-electron chi connectivity index (χ0n) is 17.3. The van der Waals surface area contributed by atoms with Crippen LogP contribution in [0.5, 0.6) is 5.75 Å². The van der Waals surface area contributed by atoms with Crippen molar-refractivity contribution in [3.8, 4) is 16.9 Å². The molecule has 5 nitrogen and oxygen atoms in total. The third-order valence-corrected chi connectivity index (χ3v) is 5.97. The van der Waals surface area contributed by atoms with E-state index in [4.69, 9.17) is 21.7 Å². The van der Waals surface area contributed by atoms with Gasteiger partial charge in [-0.3, -0.25) is 0 Å². The number of hydrogen-bond acceptors (Lipinski definition) is 5. The molecule has 0 fully saturated rings. The average Bonchev–Trinajstić information content (AvgIpc) is 3.09. The van der Waals surface area contributed by atoms with Crippen LogP contribution in [0.3, 0.4) is 0 Å². The number of aryl methyl sites for hydroxylation is 1. The molecule has 1 aromatic heterocycles. The van der Waals surface area contributed by atoms with Crippen LogP contribution in [-0.2, 0) is 4.74 Å². The molecule has 2 aromatic carbocycles. The van der Waals surface area contributed by atoms with E-state index in [1.807, 2.05) is 68.4 Å². The molecule has 1 atom stereocenters. The molecule has 0 spiro atoms. The molecule has 3 rings (SSSR count). The predicted molar refractivity (Wildman–Crippen MR) is 127 cm³/mol. The molecule has 1 heterocycles. The van der Waals surface area contributed by atoms with Crippen LogP contribution in [0.1, 0.15) is 33.8 Å². The smallest absolute Gasteiger partial charge is 0.341 e. The van der Waals surface area contributed by atoms with E-state index in [-0.39, 0.29) is 6.04 Å². The standard InChI is InChI=1S/C23H24N2O3S2/c1-14(16-10-12-18(27-3)13-11-16)24-23(29)25-21-20(22(26)28-4)19(15(2)30-21)17-8-6-5-7-9-17/h5-14H,1-4H3,(H2,24,25,29). The number of thiocarbonyl (C=S) groups is 1. The van der Waals surface area contributed by atoms with Crippen LogP contribution in [0.4, 0.5) is 5.00 Å². The molecule has 0 saturated heterocycles. The average molecular weight is 441 g/mol. The Morgan fingerprint density at radius 2 is 1.73 bits per heavy atom. The molecular weight excluding hydrogens is 416 g/mol. The van der Waals surface area contributed by atoms with Gasteiger partial charge in [-0.05, 0) is 49.3 Å². The number of carbonyl (C=O) groups is 1. The van der Waals surface area contributed by atoms with E-state index in [1.165, 1.54) is 18.4 Å². The van der Waals surface area contributed by atoms with E-state index in [0.717, 1.165) is 27.3 Å². The van der Waals surface area contributed by atoms with Gasteiger partial charge in [-0.25, -0.2) is 4.79 Å². The molecular formula is C23H24N2O3S2. The number of carbonyl (C=O) groups excluding carboxylic acids is 1. The van der Waals surface area contributed by atoms with E-state index in [2.05, 4.69) is 10.6 Å². The SMILES string of the molecule is COC(=O)c1c(NC(=S)NC(C)c2ccc(OC)cc2)sc(C)c1-c1ccccc1. The summed E-state index contributed by atoms with van der Waals surface area (Å²) in [6.45, 7) is 4.01. The number of methoxy groups -OCH3 is 2. The maximum atomic E-state index is 12.6. The highest BCUT2D eigenvalue weighted by atomic mass is 32.1. The van der Waals surface area contributed by atoms with E-state index in [1.54, 1.807) is 7.11 Å². The lowest BCUT2D eigenvalue weighted by molar-refractivity contribution is 0.0603. The Labute approximate surface area is 186 Å². The summed E-state index contributed by atoms with van der Waals surface area (Å²) in [5.74, 6) is 0.406. The monoisotopic (exact) mass is 440 g/mol. The van der Waals surface area contributed by atoms with Gasteiger partial charge >= 0.3 is 5.97 Å². The zero-order chi connectivity index (χ0) is 21.7. The van der Waals surface area contributed by atoms with E-state index < -0.39 is 5.97 Å². The molecule has 7 heteroatoms. The van der Waals surface area contributed by atoms with E-state index in [0.29, 0.717) is 15.7 Å². The fraction of sp³-hybridized carbons (Fsp3) is 0.217. The Morgan fingerprint density at radius 1 is 1.07 bits per heavy atom. The first-order valence-corrected chi connectivity index (χ1v) is 10.7. The van der Waals surface area contributed by atoms with E-state index >= 15 is 0 Å². The van der Waals surface area contributed by atoms with Crippen LogP contribution in [0.25, 0.3) is 11.1 Å². The van der Waals surface area contributed by atoms with Gasteiger partial charge in [0.1, 0.15) is 16.3 Å². The second-order valence-corrected chi connectivity index (χ2v) is 8.32. The zero-order valence-corrected chi connectivity index (χ0v) is 18.9. The summed E-state index contributed by atoms with van der Waals surface area (Å²) < 4.78 is 10.3. The molecule has 1 unspecified atom stereocenters. The second-order valence-electron chi connectivity index (χ2n) is 6.69. The number of nitrogens with one attached hydrogen (secondary N) is 2. The summed E-state index contributed by atoms with van der Waals surface area (Å²) in [6, 6.07) is 17.6. The Morgan fingerprint density at radius 3 is 2.33 bits per heavy atom. The predicted octanol–water partition coefficient (Wildman–Crippen LogP) is 5.57. The maximum absolute atomic E-state index is 12.6. The molecule has 3 aromatic rings. The molecule has 156 valence electrons. The minimum Gasteiger partial charge on any atom is -0.497 e. The van der Waals surface area contributed by atoms with Crippen molar-refractivity contribution >= 4 is 39.6 Å². The highest BCUT2D eigenvalue weighted by Crippen LogP contribution is 2.40. The van der Waals surface area contributed by atoms with Gasteiger partial charge in [-0.2, -0.15) is 0 Å². The summed E-state index contributed by atoms with van der Waals surface area (Å²) >= 11 is 7.00. The first-order valence-electron chi connectivity index (χ1n) is 9.43. The summed E-state index contributed by atoms with van der Waals surface area (Å²) in [7, 11) is 3.03. The highest BCUT2D eigenvalue weighted by molar-refractivity contribution is 7.80. The van der Waals surface area contributed by atoms with Crippen LogP contribution in [0.2, 0.25) is 0 Å². The molecule has 2 N–H and O–H groups in total. The van der Waals surface area contributed by atoms with Crippen LogP contribution in [0.15, 0.2) is 54.6 Å². The van der Waals surface area contributed by atoms with Crippen molar-refractivity contribution in [1.29, 1.82) is 0 Å². The normalized spacial score (nSPS) is 11.5. The maximum Gasteiger partial charge on any atom is 0.341 e. The summed E-state index contributed by atoms with van der Waals surface area (Å²) in [6.07, 6.45) is 0. The van der Waals surface area contributed by atoms with Crippen LogP contribution >= 0.6 is 23.6 Å². The topological polar surface area (TPSA) is 59.6 Å². The molecule has 0 aliphatic rings. The summed E-state index contributed by atoms with van der Waals surface area (Å²) in [4.78, 5) is 13.6. The number of ether oxygens (including phenoxy) is 2. The van der Waals surface area contributed by atoms with Crippen molar-refractivity contribution in [3.63, 3.8) is 0 Å². The number of rotatable bonds is 6. The van der Waals surface area contributed by atoms with Gasteiger partial charge < -0.3 is 20.1 Å². The molecule has 0 aliphatic carbocycles. The Hall–Kier alpha value is -2.90. The third kappa shape index (κ3) is 4.80. The van der Waals surface area contributed by atoms with Gasteiger partial charge in [-0.1, -0.05) is 42.5 Å². The second kappa shape index (κ2) is 9.73. The van der Waals surface area contributed by atoms with Crippen LogP contribution in [0, 0.1) is 6.92 Å². The summed E-state index contributed by atoms with van der Waals surface area (Å²) in [5.41, 5.74) is 3.39. The number of anilines is 1. The molecule has 0 aliphatic heterocycles. The summed E-state index contributed by atoms with van der Waals surface area (Å²) in [5, 5.41) is 7.56. The number of esters is 1. The molecule has 0 amide bonds. The van der Waals surface area contributed by atoms with Gasteiger partial charge in [0.25, 0.3) is 0 Å². The van der Waals surface area contributed by atoms with Gasteiger partial charge in [0.05, 0.1) is 20.3 Å². The quantitative estimate of drug-likeness (QED) is 0.386. The van der Waals surface area contributed by atoms with Gasteiger partial charge in [0.15, 0.2) is 5.11 Å². The molecule has 0 saturated carbocycles. The third-order valence-electron chi connectivity index (χ3n) is 4.73. The van der Waals surface area contributed by atoms with Crippen molar-refractivity contribution < 1.29 is 14.3 Å². The fourth-order valence-corrected chi connectivity index (χ4v) is 4.61. The molecule has 30 heavy (non-hydrogen) atoms. The minimum absolute atomic E-state index is 0.0212. The lowest BCUT2D eigenvalue weighted by Gasteiger charge is -2.17. The molecule has 0 bridgehead atoms. The van der Waals surface area contributed by atoms with Crippen LogP contribution < -0.4 is 15.4 Å². The van der Waals surface area contributed by atoms with Crippen molar-refractivity contribution in [2.45, 2.75) is 19.9 Å². The lowest BCUT2D eigenvalue weighted by atomic mass is 10.0. The van der Waals surface area contributed by atoms with Crippen molar-refractivity contribution in [2.24, 2.45) is 0 Å². The highest BCUT2D eigenvalue weighted by Gasteiger charge is 2.24. The van der Waals surface area contributed by atoms with Gasteiger partial charge in [-0.15, -0.1) is 11.3 Å². The lowest BCUT2D eigenvalue weighted by Crippen LogP contribution is -2.31. The number of hydrogen-bond donors (Lipinski definition) is 2. The first-order chi connectivity index (χ1) is 14.4. The van der Waals surface area contributed by atoms with Crippen molar-refractivity contribution in [1.82, 2.24) is 5.32 Å². The first kappa shape index (κ1) is 21.8. The Bertz CT molecular complexity index is 1030. The minimum atomic E-state index is -0.397. The van der Waals surface area contributed by atoms with Crippen molar-refractivity contribution in [3.05, 3.63) is 70.6 Å². The van der Waals surface area contributed by atoms with Gasteiger partial charge in [0.2, 0.25) is 0 Å². The van der Waals surface area contributed by atoms with Crippen molar-refractivity contribution in [2.75, 3.05) is 19.5 Å². The number of benzene rings is 2. The fourth-order valence-electron chi connectivity index (χ4n) is 3.19. The largest absolute Gasteiger partial charge is 0.497 e. The van der Waals surface area contributed by atoms with Crippen LogP contribution in [-0.4, -0.2) is 25.3 Å².